The minimum absolute atomic E-state index is 0.00686. The van der Waals surface area contributed by atoms with Crippen molar-refractivity contribution in [3.63, 3.8) is 0 Å². The summed E-state index contributed by atoms with van der Waals surface area (Å²) in [6.45, 7) is 0.103. The average molecular weight is 261 g/mol. The van der Waals surface area contributed by atoms with E-state index in [-0.39, 0.29) is 23.7 Å². The molecule has 0 radical (unpaired) electrons. The van der Waals surface area contributed by atoms with E-state index in [9.17, 15) is 12.8 Å². The summed E-state index contributed by atoms with van der Waals surface area (Å²) in [4.78, 5) is -0.136. The zero-order valence-electron chi connectivity index (χ0n) is 9.13. The van der Waals surface area contributed by atoms with Crippen LogP contribution in [0.5, 0.6) is 5.75 Å². The van der Waals surface area contributed by atoms with Gasteiger partial charge in [0.2, 0.25) is 10.0 Å². The van der Waals surface area contributed by atoms with Crippen molar-refractivity contribution in [2.45, 2.75) is 11.0 Å². The first-order valence-corrected chi connectivity index (χ1v) is 6.41. The molecule has 1 saturated heterocycles. The van der Waals surface area contributed by atoms with Crippen LogP contribution in [0, 0.1) is 5.82 Å². The first-order chi connectivity index (χ1) is 7.95. The lowest BCUT2D eigenvalue weighted by Gasteiger charge is -2.34. The van der Waals surface area contributed by atoms with Gasteiger partial charge < -0.3 is 9.84 Å². The van der Waals surface area contributed by atoms with Crippen LogP contribution in [0.2, 0.25) is 0 Å². The van der Waals surface area contributed by atoms with E-state index >= 15 is 0 Å². The average Bonchev–Trinajstić information content (AvgIpc) is 2.24. The third kappa shape index (κ3) is 2.13. The highest BCUT2D eigenvalue weighted by Gasteiger charge is 2.35. The second kappa shape index (κ2) is 4.25. The fourth-order valence-electron chi connectivity index (χ4n) is 1.57. The maximum absolute atomic E-state index is 13.4. The molecule has 1 aromatic carbocycles. The molecule has 0 amide bonds. The second-order valence-electron chi connectivity index (χ2n) is 3.77. The summed E-state index contributed by atoms with van der Waals surface area (Å²) in [5.41, 5.74) is 0. The highest BCUT2D eigenvalue weighted by molar-refractivity contribution is 7.89. The second-order valence-corrected chi connectivity index (χ2v) is 5.71. The molecular formula is C10H12FNO4S. The summed E-state index contributed by atoms with van der Waals surface area (Å²) in [5.74, 6) is -0.734. The van der Waals surface area contributed by atoms with Crippen molar-refractivity contribution in [3.8, 4) is 5.75 Å². The lowest BCUT2D eigenvalue weighted by Crippen LogP contribution is -2.53. The van der Waals surface area contributed by atoms with Gasteiger partial charge >= 0.3 is 0 Å². The van der Waals surface area contributed by atoms with Crippen LogP contribution in [0.25, 0.3) is 0 Å². The predicted molar refractivity (Wildman–Crippen MR) is 57.7 cm³/mol. The van der Waals surface area contributed by atoms with Crippen molar-refractivity contribution in [1.29, 1.82) is 0 Å². The van der Waals surface area contributed by atoms with Gasteiger partial charge in [-0.15, -0.1) is 0 Å². The molecule has 5 nitrogen and oxygen atoms in total. The summed E-state index contributed by atoms with van der Waals surface area (Å²) in [5, 5.41) is 9.07. The number of hydrogen-bond donors (Lipinski definition) is 1. The van der Waals surface area contributed by atoms with E-state index in [0.29, 0.717) is 0 Å². The van der Waals surface area contributed by atoms with Crippen LogP contribution >= 0.6 is 0 Å². The molecular weight excluding hydrogens is 249 g/mol. The van der Waals surface area contributed by atoms with Crippen LogP contribution in [-0.2, 0) is 10.0 Å². The fourth-order valence-corrected chi connectivity index (χ4v) is 3.10. The molecule has 0 spiro atoms. The SMILES string of the molecule is COc1ccc(S(=O)(=O)N2CC(O)C2)cc1F. The molecule has 1 aliphatic rings. The van der Waals surface area contributed by atoms with Crippen LogP contribution in [0.4, 0.5) is 4.39 Å². The number of sulfonamides is 1. The Morgan fingerprint density at radius 3 is 2.59 bits per heavy atom. The monoisotopic (exact) mass is 261 g/mol. The molecule has 1 aliphatic heterocycles. The Labute approximate surface area is 98.5 Å². The number of ether oxygens (including phenoxy) is 1. The predicted octanol–water partition coefficient (Wildman–Crippen LogP) is 0.199. The van der Waals surface area contributed by atoms with E-state index in [4.69, 9.17) is 9.84 Å². The molecule has 2 rings (SSSR count). The first kappa shape index (κ1) is 12.3. The normalized spacial score (nSPS) is 17.8. The number of β-amino-alcohol motifs (C(OH)–C–C–N with tert-alkyl or cyclic N) is 1. The summed E-state index contributed by atoms with van der Waals surface area (Å²) < 4.78 is 43.0. The van der Waals surface area contributed by atoms with Gasteiger partial charge in [0, 0.05) is 13.1 Å². The Kier molecular flexibility index (Phi) is 3.07. The van der Waals surface area contributed by atoms with Gasteiger partial charge in [-0.2, -0.15) is 4.31 Å². The topological polar surface area (TPSA) is 66.8 Å². The maximum atomic E-state index is 13.4. The largest absolute Gasteiger partial charge is 0.494 e. The Bertz CT molecular complexity index is 525. The van der Waals surface area contributed by atoms with Gasteiger partial charge in [0.1, 0.15) is 0 Å². The number of hydrogen-bond acceptors (Lipinski definition) is 4. The van der Waals surface area contributed by atoms with Crippen molar-refractivity contribution in [2.24, 2.45) is 0 Å². The zero-order valence-corrected chi connectivity index (χ0v) is 9.95. The third-order valence-electron chi connectivity index (χ3n) is 2.59. The van der Waals surface area contributed by atoms with E-state index in [1.807, 2.05) is 0 Å². The number of methoxy groups -OCH3 is 1. The van der Waals surface area contributed by atoms with Crippen LogP contribution in [0.15, 0.2) is 23.1 Å². The van der Waals surface area contributed by atoms with Crippen molar-refractivity contribution < 1.29 is 22.7 Å². The molecule has 17 heavy (non-hydrogen) atoms. The van der Waals surface area contributed by atoms with Crippen LogP contribution in [-0.4, -0.2) is 44.1 Å². The van der Waals surface area contributed by atoms with Gasteiger partial charge in [0.05, 0.1) is 18.1 Å². The molecule has 0 saturated carbocycles. The Morgan fingerprint density at radius 1 is 1.47 bits per heavy atom. The van der Waals surface area contributed by atoms with E-state index in [2.05, 4.69) is 0 Å². The molecule has 7 heteroatoms. The number of nitrogens with zero attached hydrogens (tertiary/aromatic N) is 1. The van der Waals surface area contributed by atoms with Crippen molar-refractivity contribution in [2.75, 3.05) is 20.2 Å². The highest BCUT2D eigenvalue weighted by atomic mass is 32.2. The van der Waals surface area contributed by atoms with Crippen molar-refractivity contribution in [1.82, 2.24) is 4.31 Å². The van der Waals surface area contributed by atoms with Gasteiger partial charge in [0.15, 0.2) is 11.6 Å². The molecule has 0 atom stereocenters. The van der Waals surface area contributed by atoms with Gasteiger partial charge in [-0.1, -0.05) is 0 Å². The molecule has 1 fully saturated rings. The number of aliphatic hydroxyl groups is 1. The summed E-state index contributed by atoms with van der Waals surface area (Å²) in [6, 6.07) is 3.46. The molecule has 0 bridgehead atoms. The fraction of sp³-hybridized carbons (Fsp3) is 0.400. The van der Waals surface area contributed by atoms with Crippen molar-refractivity contribution >= 4 is 10.0 Å². The summed E-state index contributed by atoms with van der Waals surface area (Å²) in [7, 11) is -2.40. The molecule has 1 aromatic rings. The van der Waals surface area contributed by atoms with E-state index < -0.39 is 21.9 Å². The zero-order chi connectivity index (χ0) is 12.6. The summed E-state index contributed by atoms with van der Waals surface area (Å²) >= 11 is 0. The highest BCUT2D eigenvalue weighted by Crippen LogP contribution is 2.25. The molecule has 1 heterocycles. The third-order valence-corrected chi connectivity index (χ3v) is 4.42. The number of rotatable bonds is 3. The molecule has 94 valence electrons. The van der Waals surface area contributed by atoms with Gasteiger partial charge in [0.25, 0.3) is 0 Å². The molecule has 0 unspecified atom stereocenters. The van der Waals surface area contributed by atoms with E-state index in [1.54, 1.807) is 0 Å². The van der Waals surface area contributed by atoms with Crippen molar-refractivity contribution in [3.05, 3.63) is 24.0 Å². The van der Waals surface area contributed by atoms with Gasteiger partial charge in [-0.25, -0.2) is 12.8 Å². The smallest absolute Gasteiger partial charge is 0.243 e. The molecule has 1 N–H and O–H groups in total. The minimum Gasteiger partial charge on any atom is -0.494 e. The first-order valence-electron chi connectivity index (χ1n) is 4.97. The quantitative estimate of drug-likeness (QED) is 0.844. The standard InChI is InChI=1S/C10H12FNO4S/c1-16-10-3-2-8(4-9(10)11)17(14,15)12-5-7(13)6-12/h2-4,7,13H,5-6H2,1H3. The number of halogens is 1. The summed E-state index contributed by atoms with van der Waals surface area (Å²) in [6.07, 6.45) is -0.632. The Balaban J connectivity index is 2.31. The Hall–Kier alpha value is -1.18. The van der Waals surface area contributed by atoms with Crippen LogP contribution < -0.4 is 4.74 Å². The number of aliphatic hydroxyl groups excluding tert-OH is 1. The minimum atomic E-state index is -3.70. The lowest BCUT2D eigenvalue weighted by molar-refractivity contribution is 0.0547. The van der Waals surface area contributed by atoms with Crippen LogP contribution in [0.1, 0.15) is 0 Å². The van der Waals surface area contributed by atoms with E-state index in [1.165, 1.54) is 19.2 Å². The maximum Gasteiger partial charge on any atom is 0.243 e. The lowest BCUT2D eigenvalue weighted by atomic mass is 10.2. The Morgan fingerprint density at radius 2 is 2.12 bits per heavy atom. The van der Waals surface area contributed by atoms with E-state index in [0.717, 1.165) is 10.4 Å². The molecule has 0 aromatic heterocycles. The van der Waals surface area contributed by atoms with Gasteiger partial charge in [-0.3, -0.25) is 0 Å². The van der Waals surface area contributed by atoms with Crippen LogP contribution in [0.3, 0.4) is 0 Å². The number of benzene rings is 1. The molecule has 0 aliphatic carbocycles. The van der Waals surface area contributed by atoms with Gasteiger partial charge in [-0.05, 0) is 18.2 Å².